The molecule has 4 atom stereocenters. The maximum absolute atomic E-state index is 13.3. The Morgan fingerprint density at radius 2 is 1.25 bits per heavy atom. The van der Waals surface area contributed by atoms with Gasteiger partial charge in [-0.1, -0.05) is 76.7 Å². The van der Waals surface area contributed by atoms with Crippen LogP contribution in [-0.2, 0) is 9.59 Å². The van der Waals surface area contributed by atoms with Crippen LogP contribution < -0.4 is 4.90 Å². The molecule has 28 heavy (non-hydrogen) atoms. The van der Waals surface area contributed by atoms with E-state index in [9.17, 15) is 9.59 Å². The van der Waals surface area contributed by atoms with Crippen LogP contribution in [0.5, 0.6) is 0 Å². The molecule has 1 heterocycles. The quantitative estimate of drug-likeness (QED) is 0.371. The van der Waals surface area contributed by atoms with Crippen LogP contribution in [0.2, 0.25) is 0 Å². The molecule has 0 N–H and O–H groups in total. The van der Waals surface area contributed by atoms with Crippen molar-refractivity contribution in [1.29, 1.82) is 0 Å². The number of anilines is 1. The van der Waals surface area contributed by atoms with E-state index < -0.39 is 37.7 Å². The van der Waals surface area contributed by atoms with Crippen molar-refractivity contribution < 1.29 is 9.59 Å². The first-order valence-corrected chi connectivity index (χ1v) is 10.5. The average molecular weight is 496 g/mol. The summed E-state index contributed by atoms with van der Waals surface area (Å²) in [5.74, 6) is -3.38. The molecule has 5 rings (SSSR count). The molecule has 2 aromatic rings. The minimum atomic E-state index is -1.92. The Labute approximate surface area is 190 Å². The van der Waals surface area contributed by atoms with Crippen molar-refractivity contribution in [2.75, 3.05) is 4.90 Å². The molecule has 9 heteroatoms. The van der Waals surface area contributed by atoms with Gasteiger partial charge in [0.25, 0.3) is 0 Å². The van der Waals surface area contributed by atoms with Gasteiger partial charge in [-0.25, -0.2) is 4.90 Å². The second-order valence-electron chi connectivity index (χ2n) is 7.12. The molecule has 1 saturated heterocycles. The highest BCUT2D eigenvalue weighted by Gasteiger charge is 2.87. The Bertz CT molecular complexity index is 1080. The number of allylic oxidation sites excluding steroid dienone is 2. The summed E-state index contributed by atoms with van der Waals surface area (Å²) < 4.78 is -1.92. The fourth-order valence-corrected chi connectivity index (χ4v) is 7.49. The van der Waals surface area contributed by atoms with Crippen LogP contribution in [0, 0.1) is 11.8 Å². The number of hydrogen-bond acceptors (Lipinski definition) is 2. The molecule has 3 nitrogen and oxygen atoms in total. The molecule has 0 aromatic heterocycles. The van der Waals surface area contributed by atoms with Gasteiger partial charge in [0.1, 0.15) is 9.75 Å². The number of imide groups is 1. The molecule has 2 aliphatic carbocycles. The molecule has 0 unspecified atom stereocenters. The van der Waals surface area contributed by atoms with Crippen molar-refractivity contribution in [3.8, 4) is 0 Å². The topological polar surface area (TPSA) is 37.4 Å². The summed E-state index contributed by atoms with van der Waals surface area (Å²) in [6.07, 6.45) is 0. The molecule has 2 bridgehead atoms. The van der Waals surface area contributed by atoms with E-state index in [1.54, 1.807) is 12.1 Å². The summed E-state index contributed by atoms with van der Waals surface area (Å²) in [7, 11) is 0. The van der Waals surface area contributed by atoms with E-state index in [4.69, 9.17) is 69.6 Å². The Morgan fingerprint density at radius 1 is 0.750 bits per heavy atom. The first-order chi connectivity index (χ1) is 13.1. The van der Waals surface area contributed by atoms with Crippen LogP contribution >= 0.6 is 69.6 Å². The lowest BCUT2D eigenvalue weighted by molar-refractivity contribution is -0.123. The number of alkyl halides is 4. The SMILES string of the molecule is O=C1[C@@H]2[C@@H](C(=O)N1c1ccc3ccccc3c1)[C@]1(Cl)C(Cl)=C(Cl)[C@]2(Cl)C1(Cl)Cl. The number of rotatable bonds is 1. The summed E-state index contributed by atoms with van der Waals surface area (Å²) in [4.78, 5) is 24.1. The first kappa shape index (κ1) is 19.3. The van der Waals surface area contributed by atoms with Crippen molar-refractivity contribution >= 4 is 97.9 Å². The lowest BCUT2D eigenvalue weighted by Gasteiger charge is -2.34. The number of halogens is 6. The zero-order chi connectivity index (χ0) is 20.2. The van der Waals surface area contributed by atoms with Crippen LogP contribution in [0.25, 0.3) is 10.8 Å². The molecular weight excluding hydrogens is 487 g/mol. The summed E-state index contributed by atoms with van der Waals surface area (Å²) in [6.45, 7) is 0. The maximum Gasteiger partial charge on any atom is 0.240 e. The van der Waals surface area contributed by atoms with Gasteiger partial charge in [-0.3, -0.25) is 9.59 Å². The number of nitrogens with zero attached hydrogens (tertiary/aromatic N) is 1. The highest BCUT2D eigenvalue weighted by Crippen LogP contribution is 2.77. The van der Waals surface area contributed by atoms with Crippen molar-refractivity contribution in [3.63, 3.8) is 0 Å². The van der Waals surface area contributed by atoms with Crippen LogP contribution in [0.15, 0.2) is 52.5 Å². The monoisotopic (exact) mass is 493 g/mol. The standard InChI is InChI=1S/C19H9Cl6NO2/c20-13-14(21)18(23)12-11(17(13,22)19(18,24)25)15(27)26(16(12)28)10-6-5-8-3-1-2-4-9(8)7-10/h1-7,11-12H/t11-,12-,17-,18-/m0/s1. The predicted octanol–water partition coefficient (Wildman–Crippen LogP) is 5.79. The molecule has 2 fully saturated rings. The third-order valence-electron chi connectivity index (χ3n) is 5.90. The molecule has 2 aromatic carbocycles. The second-order valence-corrected chi connectivity index (χ2v) is 10.4. The lowest BCUT2D eigenvalue weighted by atomic mass is 9.84. The maximum atomic E-state index is 13.3. The molecule has 1 aliphatic heterocycles. The third-order valence-corrected chi connectivity index (χ3v) is 10.2. The van der Waals surface area contributed by atoms with E-state index in [1.807, 2.05) is 30.3 Å². The average Bonchev–Trinajstić information content (AvgIpc) is 3.05. The predicted molar refractivity (Wildman–Crippen MR) is 114 cm³/mol. The van der Waals surface area contributed by atoms with Crippen LogP contribution in [0.3, 0.4) is 0 Å². The van der Waals surface area contributed by atoms with E-state index in [0.29, 0.717) is 5.69 Å². The van der Waals surface area contributed by atoms with Crippen molar-refractivity contribution in [3.05, 3.63) is 52.5 Å². The normalized spacial score (nSPS) is 36.0. The summed E-state index contributed by atoms with van der Waals surface area (Å²) in [5, 5.41) is 1.65. The molecule has 2 amide bonds. The number of hydrogen-bond donors (Lipinski definition) is 0. The fraction of sp³-hybridized carbons (Fsp3) is 0.263. The Kier molecular flexibility index (Phi) is 3.94. The van der Waals surface area contributed by atoms with Gasteiger partial charge in [0, 0.05) is 0 Å². The number of benzene rings is 2. The molecule has 144 valence electrons. The van der Waals surface area contributed by atoms with Crippen molar-refractivity contribution in [1.82, 2.24) is 0 Å². The van der Waals surface area contributed by atoms with Crippen LogP contribution in [0.4, 0.5) is 5.69 Å². The number of carbonyl (C=O) groups is 2. The van der Waals surface area contributed by atoms with Gasteiger partial charge in [0.05, 0.1) is 27.6 Å². The van der Waals surface area contributed by atoms with Gasteiger partial charge in [-0.15, -0.1) is 23.2 Å². The van der Waals surface area contributed by atoms with Crippen LogP contribution in [0.1, 0.15) is 0 Å². The molecule has 3 aliphatic rings. The molecule has 0 spiro atoms. The van der Waals surface area contributed by atoms with Crippen LogP contribution in [-0.4, -0.2) is 25.9 Å². The van der Waals surface area contributed by atoms with Gasteiger partial charge in [0.15, 0.2) is 4.33 Å². The summed E-state index contributed by atoms with van der Waals surface area (Å²) in [5.41, 5.74) is 0.407. The Morgan fingerprint density at radius 3 is 1.79 bits per heavy atom. The van der Waals surface area contributed by atoms with Gasteiger partial charge < -0.3 is 0 Å². The highest BCUT2D eigenvalue weighted by molar-refractivity contribution is 6.67. The smallest absolute Gasteiger partial charge is 0.240 e. The largest absolute Gasteiger partial charge is 0.274 e. The number of carbonyl (C=O) groups excluding carboxylic acids is 2. The zero-order valence-corrected chi connectivity index (χ0v) is 18.3. The number of fused-ring (bicyclic) bond motifs is 6. The lowest BCUT2D eigenvalue weighted by Crippen LogP contribution is -2.50. The van der Waals surface area contributed by atoms with E-state index in [1.165, 1.54) is 0 Å². The minimum Gasteiger partial charge on any atom is -0.274 e. The molecule has 0 radical (unpaired) electrons. The molecule has 1 saturated carbocycles. The molecular formula is C19H9Cl6NO2. The second kappa shape index (κ2) is 5.72. The Hall–Kier alpha value is -0.680. The van der Waals surface area contributed by atoms with Crippen molar-refractivity contribution in [2.45, 2.75) is 14.1 Å². The Balaban J connectivity index is 1.68. The van der Waals surface area contributed by atoms with Gasteiger partial charge >= 0.3 is 0 Å². The summed E-state index contributed by atoms with van der Waals surface area (Å²) in [6, 6.07) is 12.9. The van der Waals surface area contributed by atoms with E-state index in [-0.39, 0.29) is 10.1 Å². The fourth-order valence-electron chi connectivity index (χ4n) is 4.57. The summed E-state index contributed by atoms with van der Waals surface area (Å²) >= 11 is 39.0. The number of amides is 2. The zero-order valence-electron chi connectivity index (χ0n) is 13.7. The van der Waals surface area contributed by atoms with E-state index in [2.05, 4.69) is 0 Å². The van der Waals surface area contributed by atoms with E-state index >= 15 is 0 Å². The first-order valence-electron chi connectivity index (χ1n) is 8.27. The van der Waals surface area contributed by atoms with E-state index in [0.717, 1.165) is 15.7 Å². The van der Waals surface area contributed by atoms with Gasteiger partial charge in [0.2, 0.25) is 11.8 Å². The van der Waals surface area contributed by atoms with Gasteiger partial charge in [-0.2, -0.15) is 0 Å². The highest BCUT2D eigenvalue weighted by atomic mass is 35.5. The van der Waals surface area contributed by atoms with Crippen molar-refractivity contribution in [2.24, 2.45) is 11.8 Å². The third kappa shape index (κ3) is 1.88. The minimum absolute atomic E-state index is 0.0985. The van der Waals surface area contributed by atoms with Gasteiger partial charge in [-0.05, 0) is 22.9 Å².